The lowest BCUT2D eigenvalue weighted by atomic mass is 9.33. The molecule has 9 atom stereocenters. The van der Waals surface area contributed by atoms with Gasteiger partial charge in [-0.05, 0) is 116 Å². The van der Waals surface area contributed by atoms with Crippen molar-refractivity contribution in [3.8, 4) is 0 Å². The highest BCUT2D eigenvalue weighted by Crippen LogP contribution is 2.75. The molecule has 244 valence electrons. The zero-order valence-corrected chi connectivity index (χ0v) is 27.9. The van der Waals surface area contributed by atoms with Crippen LogP contribution in [0.5, 0.6) is 0 Å². The van der Waals surface area contributed by atoms with Gasteiger partial charge < -0.3 is 14.6 Å². The number of carbonyl (C=O) groups excluding carboxylic acids is 3. The zero-order valence-electron chi connectivity index (χ0n) is 27.9. The summed E-state index contributed by atoms with van der Waals surface area (Å²) < 4.78 is 19.9. The van der Waals surface area contributed by atoms with Gasteiger partial charge in [-0.15, -0.1) is 0 Å². The van der Waals surface area contributed by atoms with Crippen LogP contribution in [0.2, 0.25) is 0 Å². The highest BCUT2D eigenvalue weighted by atomic mass is 19.1. The number of fused-ring (bicyclic) bond motifs is 7. The molecule has 0 saturated heterocycles. The molecule has 6 rings (SSSR count). The molecule has 45 heavy (non-hydrogen) atoms. The summed E-state index contributed by atoms with van der Waals surface area (Å²) in [5.41, 5.74) is -0.702. The molecule has 0 radical (unpaired) electrons. The topological polar surface area (TPSA) is 97.7 Å². The van der Waals surface area contributed by atoms with Gasteiger partial charge >= 0.3 is 11.9 Å². The van der Waals surface area contributed by atoms with Crippen molar-refractivity contribution in [3.63, 3.8) is 0 Å². The second kappa shape index (κ2) is 10.1. The standard InChI is InChI=1S/C38H49FO6/c1-33(2)28-10-13-38(7)30(27(41)19-25-26-20-34(3,21-40)14-15-35(26,4)16-17-37(25,38)6)36(28,5)12-11-29(33)45-32(44)23-9-8-22(39)18-24(23)31(42)43/h8-9,18-19,21,26,28-30H,10-17,20H2,1-7H3,(H,42,43)/t26-,28?,29-,30?,34-,35+,36-,37?,38+/m0/s1. The summed E-state index contributed by atoms with van der Waals surface area (Å²) in [5.74, 6) is -2.50. The van der Waals surface area contributed by atoms with Crippen LogP contribution in [0.15, 0.2) is 29.8 Å². The lowest BCUT2D eigenvalue weighted by Gasteiger charge is -2.70. The Bertz CT molecular complexity index is 1510. The summed E-state index contributed by atoms with van der Waals surface area (Å²) in [5, 5.41) is 9.59. The molecule has 5 aliphatic rings. The monoisotopic (exact) mass is 620 g/mol. The molecule has 4 saturated carbocycles. The molecule has 3 unspecified atom stereocenters. The van der Waals surface area contributed by atoms with Crippen LogP contribution in [-0.4, -0.2) is 35.2 Å². The van der Waals surface area contributed by atoms with E-state index >= 15 is 0 Å². The molecule has 0 spiro atoms. The third kappa shape index (κ3) is 4.45. The van der Waals surface area contributed by atoms with Crippen LogP contribution in [-0.2, 0) is 14.3 Å². The van der Waals surface area contributed by atoms with Crippen LogP contribution >= 0.6 is 0 Å². The summed E-state index contributed by atoms with van der Waals surface area (Å²) in [7, 11) is 0. The number of carbonyl (C=O) groups is 4. The molecule has 6 nitrogen and oxygen atoms in total. The van der Waals surface area contributed by atoms with Crippen LogP contribution in [0.25, 0.3) is 0 Å². The highest BCUT2D eigenvalue weighted by molar-refractivity contribution is 6.02. The second-order valence-electron chi connectivity index (χ2n) is 17.2. The number of aldehydes is 1. The zero-order chi connectivity index (χ0) is 33.0. The Kier molecular flexibility index (Phi) is 7.20. The van der Waals surface area contributed by atoms with Crippen LogP contribution in [0.1, 0.15) is 127 Å². The molecular weight excluding hydrogens is 571 g/mol. The van der Waals surface area contributed by atoms with Gasteiger partial charge in [0.1, 0.15) is 18.2 Å². The molecule has 5 aliphatic carbocycles. The largest absolute Gasteiger partial charge is 0.478 e. The van der Waals surface area contributed by atoms with E-state index < -0.39 is 34.8 Å². The predicted octanol–water partition coefficient (Wildman–Crippen LogP) is 8.23. The van der Waals surface area contributed by atoms with E-state index in [2.05, 4.69) is 48.5 Å². The number of esters is 1. The van der Waals surface area contributed by atoms with Gasteiger partial charge in [0.25, 0.3) is 0 Å². The third-order valence-corrected chi connectivity index (χ3v) is 14.5. The minimum atomic E-state index is -1.38. The van der Waals surface area contributed by atoms with Crippen molar-refractivity contribution in [3.05, 3.63) is 46.8 Å². The van der Waals surface area contributed by atoms with Gasteiger partial charge in [-0.2, -0.15) is 0 Å². The first-order valence-electron chi connectivity index (χ1n) is 16.8. The Labute approximate surface area is 266 Å². The van der Waals surface area contributed by atoms with Crippen molar-refractivity contribution in [2.24, 2.45) is 50.2 Å². The Morgan fingerprint density at radius 1 is 0.933 bits per heavy atom. The highest BCUT2D eigenvalue weighted by Gasteiger charge is 2.70. The number of rotatable bonds is 4. The van der Waals surface area contributed by atoms with E-state index in [1.54, 1.807) is 0 Å². The SMILES string of the molecule is CC1(C)C2CC[C@]3(C)C(C(=O)C=C4[C@@H]5C[C@@](C)(C=O)CC[C@]5(C)CCC43C)[C@@]2(C)CC[C@@H]1OC(=O)c1ccc(F)cc1C(=O)O. The van der Waals surface area contributed by atoms with Crippen LogP contribution < -0.4 is 0 Å². The van der Waals surface area contributed by atoms with Gasteiger partial charge in [0.15, 0.2) is 5.78 Å². The molecule has 0 bridgehead atoms. The van der Waals surface area contributed by atoms with E-state index in [0.29, 0.717) is 12.8 Å². The molecule has 1 aromatic rings. The third-order valence-electron chi connectivity index (χ3n) is 14.5. The van der Waals surface area contributed by atoms with E-state index in [1.165, 1.54) is 11.6 Å². The Hall–Kier alpha value is -2.83. The maximum Gasteiger partial charge on any atom is 0.339 e. The lowest BCUT2D eigenvalue weighted by molar-refractivity contribution is -0.202. The first kappa shape index (κ1) is 32.1. The van der Waals surface area contributed by atoms with Gasteiger partial charge in [-0.1, -0.05) is 54.0 Å². The molecule has 0 aliphatic heterocycles. The molecule has 1 aromatic carbocycles. The van der Waals surface area contributed by atoms with E-state index in [0.717, 1.165) is 63.4 Å². The van der Waals surface area contributed by atoms with Gasteiger partial charge in [-0.3, -0.25) is 4.79 Å². The quantitative estimate of drug-likeness (QED) is 0.269. The van der Waals surface area contributed by atoms with Crippen LogP contribution in [0.3, 0.4) is 0 Å². The first-order chi connectivity index (χ1) is 20.9. The fourth-order valence-electron chi connectivity index (χ4n) is 11.6. The molecule has 4 fully saturated rings. The predicted molar refractivity (Wildman–Crippen MR) is 168 cm³/mol. The number of ether oxygens (including phenoxy) is 1. The van der Waals surface area contributed by atoms with Gasteiger partial charge in [-0.25, -0.2) is 14.0 Å². The fourth-order valence-corrected chi connectivity index (χ4v) is 11.6. The summed E-state index contributed by atoms with van der Waals surface area (Å²) in [6.07, 6.45) is 10.6. The summed E-state index contributed by atoms with van der Waals surface area (Å²) in [6, 6.07) is 3.10. The van der Waals surface area contributed by atoms with E-state index in [1.807, 2.05) is 6.08 Å². The summed E-state index contributed by atoms with van der Waals surface area (Å²) >= 11 is 0. The van der Waals surface area contributed by atoms with E-state index in [-0.39, 0.29) is 56.2 Å². The number of allylic oxidation sites excluding steroid dienone is 2. The van der Waals surface area contributed by atoms with E-state index in [4.69, 9.17) is 4.74 Å². The molecule has 1 N–H and O–H groups in total. The number of carboxylic acid groups (broad SMARTS) is 1. The maximum atomic E-state index is 14.6. The van der Waals surface area contributed by atoms with Crippen LogP contribution in [0, 0.1) is 56.1 Å². The summed E-state index contributed by atoms with van der Waals surface area (Å²) in [4.78, 5) is 51.8. The Balaban J connectivity index is 1.33. The first-order valence-corrected chi connectivity index (χ1v) is 16.8. The smallest absolute Gasteiger partial charge is 0.339 e. The van der Waals surface area contributed by atoms with Crippen LogP contribution in [0.4, 0.5) is 4.39 Å². The Morgan fingerprint density at radius 3 is 2.29 bits per heavy atom. The van der Waals surface area contributed by atoms with Crippen molar-refractivity contribution in [2.75, 3.05) is 0 Å². The van der Waals surface area contributed by atoms with E-state index in [9.17, 15) is 28.7 Å². The number of hydrogen-bond acceptors (Lipinski definition) is 5. The minimum Gasteiger partial charge on any atom is -0.478 e. The molecule has 7 heteroatoms. The number of carboxylic acids is 1. The van der Waals surface area contributed by atoms with Gasteiger partial charge in [0.2, 0.25) is 0 Å². The van der Waals surface area contributed by atoms with Gasteiger partial charge in [0, 0.05) is 16.7 Å². The normalized spacial score (nSPS) is 43.5. The summed E-state index contributed by atoms with van der Waals surface area (Å²) in [6.45, 7) is 15.7. The molecule has 0 aromatic heterocycles. The fraction of sp³-hybridized carbons (Fsp3) is 0.684. The number of halogens is 1. The Morgan fingerprint density at radius 2 is 1.62 bits per heavy atom. The number of benzene rings is 1. The number of hydrogen-bond donors (Lipinski definition) is 1. The van der Waals surface area contributed by atoms with Gasteiger partial charge in [0.05, 0.1) is 11.1 Å². The van der Waals surface area contributed by atoms with Crippen molar-refractivity contribution in [1.29, 1.82) is 0 Å². The number of aromatic carboxylic acids is 1. The molecule has 0 heterocycles. The lowest BCUT2D eigenvalue weighted by Crippen LogP contribution is -2.66. The molecule has 0 amide bonds. The van der Waals surface area contributed by atoms with Crippen molar-refractivity contribution in [1.82, 2.24) is 0 Å². The average molecular weight is 621 g/mol. The minimum absolute atomic E-state index is 0.103. The maximum absolute atomic E-state index is 14.6. The van der Waals surface area contributed by atoms with Crippen molar-refractivity contribution >= 4 is 24.0 Å². The second-order valence-corrected chi connectivity index (χ2v) is 17.2. The van der Waals surface area contributed by atoms with Crippen molar-refractivity contribution in [2.45, 2.75) is 112 Å². The average Bonchev–Trinajstić information content (AvgIpc) is 2.96. The van der Waals surface area contributed by atoms with Crippen molar-refractivity contribution < 1.29 is 33.4 Å². The number of ketones is 1. The molecular formula is C38H49FO6.